The van der Waals surface area contributed by atoms with Crippen LogP contribution in [-0.2, 0) is 7.05 Å². The van der Waals surface area contributed by atoms with Crippen molar-refractivity contribution in [2.45, 2.75) is 18.9 Å². The number of methoxy groups -OCH3 is 1. The lowest BCUT2D eigenvalue weighted by Crippen LogP contribution is -2.48. The van der Waals surface area contributed by atoms with Gasteiger partial charge in [-0.1, -0.05) is 0 Å². The maximum Gasteiger partial charge on any atom is 0.255 e. The maximum absolute atomic E-state index is 12.8. The summed E-state index contributed by atoms with van der Waals surface area (Å²) >= 11 is 0. The molecule has 2 aromatic heterocycles. The first-order valence-corrected chi connectivity index (χ1v) is 11.5. The zero-order valence-electron chi connectivity index (χ0n) is 19.2. The fourth-order valence-corrected chi connectivity index (χ4v) is 4.79. The number of piperazine rings is 1. The highest BCUT2D eigenvalue weighted by Gasteiger charge is 2.27. The van der Waals surface area contributed by atoms with Gasteiger partial charge in [0.15, 0.2) is 0 Å². The number of hydrogen-bond acceptors (Lipinski definition) is 7. The predicted molar refractivity (Wildman–Crippen MR) is 130 cm³/mol. The summed E-state index contributed by atoms with van der Waals surface area (Å²) in [5.74, 6) is 1.56. The van der Waals surface area contributed by atoms with E-state index in [1.165, 1.54) is 18.5 Å². The van der Waals surface area contributed by atoms with Gasteiger partial charge in [-0.25, -0.2) is 4.98 Å². The van der Waals surface area contributed by atoms with Crippen molar-refractivity contribution < 1.29 is 4.74 Å². The predicted octanol–water partition coefficient (Wildman–Crippen LogP) is 2.60. The number of anilines is 2. The number of pyridine rings is 1. The van der Waals surface area contributed by atoms with Crippen LogP contribution in [0, 0.1) is 0 Å². The first-order valence-electron chi connectivity index (χ1n) is 11.5. The molecule has 3 aromatic rings. The van der Waals surface area contributed by atoms with Crippen LogP contribution in [0.25, 0.3) is 11.3 Å². The van der Waals surface area contributed by atoms with Gasteiger partial charge in [0.2, 0.25) is 5.95 Å². The van der Waals surface area contributed by atoms with Crippen LogP contribution in [0.5, 0.6) is 5.75 Å². The van der Waals surface area contributed by atoms with Crippen LogP contribution < -0.4 is 25.4 Å². The monoisotopic (exact) mass is 446 g/mol. The molecule has 2 aliphatic rings. The average molecular weight is 447 g/mol. The lowest BCUT2D eigenvalue weighted by Gasteiger charge is -2.36. The zero-order chi connectivity index (χ0) is 22.8. The van der Waals surface area contributed by atoms with Crippen LogP contribution in [0.15, 0.2) is 53.6 Å². The summed E-state index contributed by atoms with van der Waals surface area (Å²) in [6, 6.07) is 11.9. The quantitative estimate of drug-likeness (QED) is 0.646. The van der Waals surface area contributed by atoms with Crippen molar-refractivity contribution >= 4 is 11.6 Å². The lowest BCUT2D eigenvalue weighted by atomic mass is 10.0. The second-order valence-corrected chi connectivity index (χ2v) is 8.65. The molecule has 1 aromatic carbocycles. The summed E-state index contributed by atoms with van der Waals surface area (Å²) in [5.41, 5.74) is 3.86. The number of benzene rings is 1. The molecule has 8 heteroatoms. The van der Waals surface area contributed by atoms with Crippen LogP contribution >= 0.6 is 0 Å². The van der Waals surface area contributed by atoms with E-state index < -0.39 is 0 Å². The molecule has 0 spiro atoms. The molecule has 0 bridgehead atoms. The largest absolute Gasteiger partial charge is 0.496 e. The maximum atomic E-state index is 12.8. The summed E-state index contributed by atoms with van der Waals surface area (Å²) in [5, 5.41) is 3.64. The Hall–Kier alpha value is -3.39. The molecule has 0 amide bonds. The second-order valence-electron chi connectivity index (χ2n) is 8.65. The van der Waals surface area contributed by atoms with E-state index in [-0.39, 0.29) is 11.6 Å². The van der Waals surface area contributed by atoms with Gasteiger partial charge >= 0.3 is 0 Å². The van der Waals surface area contributed by atoms with Gasteiger partial charge in [0.05, 0.1) is 18.8 Å². The average Bonchev–Trinajstić information content (AvgIpc) is 3.41. The SMILES string of the molecule is COc1ccc(N2CCCC2)cc1C1CN(c2nc(-c3ccncc3)cc(=O)n2C)CCN1. The molecule has 8 nitrogen and oxygen atoms in total. The van der Waals surface area contributed by atoms with Crippen molar-refractivity contribution in [3.63, 3.8) is 0 Å². The van der Waals surface area contributed by atoms with Gasteiger partial charge in [-0.05, 0) is 43.2 Å². The van der Waals surface area contributed by atoms with E-state index in [2.05, 4.69) is 38.3 Å². The molecule has 0 saturated carbocycles. The van der Waals surface area contributed by atoms with Crippen LogP contribution in [-0.4, -0.2) is 54.4 Å². The van der Waals surface area contributed by atoms with E-state index in [4.69, 9.17) is 9.72 Å². The van der Waals surface area contributed by atoms with E-state index in [0.29, 0.717) is 18.2 Å². The number of rotatable bonds is 5. The topological polar surface area (TPSA) is 75.5 Å². The molecule has 5 rings (SSSR count). The van der Waals surface area contributed by atoms with Crippen LogP contribution in [0.2, 0.25) is 0 Å². The van der Waals surface area contributed by atoms with Crippen molar-refractivity contribution in [2.24, 2.45) is 7.05 Å². The fourth-order valence-electron chi connectivity index (χ4n) is 4.79. The standard InChI is InChI=1S/C25H30N6O2/c1-29-24(32)16-21(18-7-9-26-10-8-18)28-25(29)31-14-11-27-22(17-31)20-15-19(5-6-23(20)33-2)30-12-3-4-13-30/h5-10,15-16,22,27H,3-4,11-14,17H2,1-2H3. The van der Waals surface area contributed by atoms with E-state index in [9.17, 15) is 4.79 Å². The molecule has 2 aliphatic heterocycles. The molecular weight excluding hydrogens is 416 g/mol. The van der Waals surface area contributed by atoms with Crippen molar-refractivity contribution in [1.82, 2.24) is 19.9 Å². The van der Waals surface area contributed by atoms with Gasteiger partial charge in [-0.15, -0.1) is 0 Å². The summed E-state index contributed by atoms with van der Waals surface area (Å²) in [6.45, 7) is 4.45. The van der Waals surface area contributed by atoms with E-state index in [1.807, 2.05) is 12.1 Å². The summed E-state index contributed by atoms with van der Waals surface area (Å²) in [4.78, 5) is 26.3. The van der Waals surface area contributed by atoms with Crippen LogP contribution in [0.3, 0.4) is 0 Å². The Bertz CT molecular complexity index is 1170. The Kier molecular flexibility index (Phi) is 6.00. The smallest absolute Gasteiger partial charge is 0.255 e. The first-order chi connectivity index (χ1) is 16.1. The Morgan fingerprint density at radius 2 is 1.82 bits per heavy atom. The van der Waals surface area contributed by atoms with Gasteiger partial charge < -0.3 is 19.9 Å². The summed E-state index contributed by atoms with van der Waals surface area (Å²) < 4.78 is 7.35. The molecule has 1 N–H and O–H groups in total. The lowest BCUT2D eigenvalue weighted by molar-refractivity contribution is 0.390. The molecule has 0 aliphatic carbocycles. The van der Waals surface area contributed by atoms with Gasteiger partial charge in [0, 0.05) is 75.0 Å². The van der Waals surface area contributed by atoms with Gasteiger partial charge in [-0.3, -0.25) is 14.3 Å². The minimum atomic E-state index is -0.0736. The number of nitrogens with one attached hydrogen (secondary N) is 1. The van der Waals surface area contributed by atoms with Gasteiger partial charge in [0.25, 0.3) is 5.56 Å². The Morgan fingerprint density at radius 3 is 2.58 bits per heavy atom. The molecule has 172 valence electrons. The molecule has 2 fully saturated rings. The normalized spacial score (nSPS) is 18.5. The van der Waals surface area contributed by atoms with Gasteiger partial charge in [-0.2, -0.15) is 0 Å². The van der Waals surface area contributed by atoms with Crippen molar-refractivity contribution in [3.8, 4) is 17.0 Å². The minimum absolute atomic E-state index is 0.0673. The van der Waals surface area contributed by atoms with Crippen molar-refractivity contribution in [2.75, 3.05) is 49.6 Å². The molecule has 33 heavy (non-hydrogen) atoms. The Morgan fingerprint density at radius 1 is 1.03 bits per heavy atom. The van der Waals surface area contributed by atoms with Crippen molar-refractivity contribution in [3.05, 3.63) is 64.7 Å². The molecule has 2 saturated heterocycles. The number of ether oxygens (including phenoxy) is 1. The molecular formula is C25H30N6O2. The van der Waals surface area contributed by atoms with E-state index in [1.54, 1.807) is 37.2 Å². The van der Waals surface area contributed by atoms with Gasteiger partial charge in [0.1, 0.15) is 5.75 Å². The third-order valence-corrected chi connectivity index (χ3v) is 6.61. The number of hydrogen-bond donors (Lipinski definition) is 1. The molecule has 1 unspecified atom stereocenters. The Labute approximate surface area is 193 Å². The zero-order valence-corrected chi connectivity index (χ0v) is 19.2. The van der Waals surface area contributed by atoms with Crippen LogP contribution in [0.4, 0.5) is 11.6 Å². The fraction of sp³-hybridized carbons (Fsp3) is 0.400. The first kappa shape index (κ1) is 21.5. The third-order valence-electron chi connectivity index (χ3n) is 6.61. The Balaban J connectivity index is 1.47. The highest BCUT2D eigenvalue weighted by molar-refractivity contribution is 5.60. The molecule has 4 heterocycles. The molecule has 1 atom stereocenters. The van der Waals surface area contributed by atoms with Crippen LogP contribution in [0.1, 0.15) is 24.4 Å². The van der Waals surface area contributed by atoms with Crippen molar-refractivity contribution in [1.29, 1.82) is 0 Å². The third kappa shape index (κ3) is 4.30. The summed E-state index contributed by atoms with van der Waals surface area (Å²) in [6.07, 6.45) is 5.91. The van der Waals surface area contributed by atoms with E-state index in [0.717, 1.165) is 43.1 Å². The highest BCUT2D eigenvalue weighted by atomic mass is 16.5. The highest BCUT2D eigenvalue weighted by Crippen LogP contribution is 2.33. The summed E-state index contributed by atoms with van der Waals surface area (Å²) in [7, 11) is 3.50. The minimum Gasteiger partial charge on any atom is -0.496 e. The molecule has 0 radical (unpaired) electrons. The van der Waals surface area contributed by atoms with E-state index >= 15 is 0 Å². The number of nitrogens with zero attached hydrogens (tertiary/aromatic N) is 5. The second kappa shape index (κ2) is 9.23. The number of aromatic nitrogens is 3.